The molecule has 7 nitrogen and oxygen atoms in total. The van der Waals surface area contributed by atoms with E-state index in [0.717, 1.165) is 49.1 Å². The maximum absolute atomic E-state index is 12.9. The van der Waals surface area contributed by atoms with E-state index in [1.165, 1.54) is 6.42 Å². The zero-order valence-corrected chi connectivity index (χ0v) is 19.1. The van der Waals surface area contributed by atoms with Crippen molar-refractivity contribution in [3.05, 3.63) is 12.0 Å². The second kappa shape index (κ2) is 8.22. The molecule has 2 fully saturated rings. The Morgan fingerprint density at radius 1 is 1.33 bits per heavy atom. The molecule has 0 amide bonds. The zero-order valence-electron chi connectivity index (χ0n) is 15.5. The van der Waals surface area contributed by atoms with E-state index >= 15 is 0 Å². The van der Waals surface area contributed by atoms with Gasteiger partial charge in [0, 0.05) is 68.6 Å². The van der Waals surface area contributed by atoms with Crippen LogP contribution in [0.1, 0.15) is 43.8 Å². The number of hydrogen-bond acceptors (Lipinski definition) is 6. The standard InChI is InChI=1S/C18H23N4O3S.Y/c1-11-16-17(20-10-19-11)22-14-6-12(8-25-15-4-2-3-5-24-15)13(7-14)9-26(23)18(22)21-16;/h12-15H,2-9H2,1H3;/q-1;/t12-,13+,14-,15?,26?;/m0./s1. The van der Waals surface area contributed by atoms with Crippen LogP contribution >= 0.6 is 0 Å². The minimum Gasteiger partial charge on any atom is -0.369 e. The van der Waals surface area contributed by atoms with E-state index in [1.54, 1.807) is 0 Å². The molecule has 1 saturated heterocycles. The van der Waals surface area contributed by atoms with Crippen molar-refractivity contribution in [2.45, 2.75) is 56.5 Å². The van der Waals surface area contributed by atoms with Crippen molar-refractivity contribution in [1.82, 2.24) is 19.5 Å². The van der Waals surface area contributed by atoms with Gasteiger partial charge >= 0.3 is 0 Å². The predicted octanol–water partition coefficient (Wildman–Crippen LogP) is 2.16. The van der Waals surface area contributed by atoms with Gasteiger partial charge in [-0.3, -0.25) is 4.21 Å². The monoisotopic (exact) mass is 464 g/mol. The summed E-state index contributed by atoms with van der Waals surface area (Å²) >= 11 is 0. The van der Waals surface area contributed by atoms with Crippen LogP contribution in [-0.4, -0.2) is 49.0 Å². The van der Waals surface area contributed by atoms with E-state index in [9.17, 15) is 4.21 Å². The fraction of sp³-hybridized carbons (Fsp3) is 0.722. The Balaban J connectivity index is 0.00000180. The molecule has 4 heterocycles. The first-order valence-electron chi connectivity index (χ1n) is 9.45. The van der Waals surface area contributed by atoms with Gasteiger partial charge in [0.15, 0.2) is 11.4 Å². The Labute approximate surface area is 186 Å². The van der Waals surface area contributed by atoms with Crippen LogP contribution < -0.4 is 0 Å². The van der Waals surface area contributed by atoms with Crippen molar-refractivity contribution in [3.8, 4) is 0 Å². The maximum atomic E-state index is 12.9. The van der Waals surface area contributed by atoms with Gasteiger partial charge in [-0.25, -0.2) is 4.98 Å². The van der Waals surface area contributed by atoms with Crippen molar-refractivity contribution in [2.24, 2.45) is 11.8 Å². The van der Waals surface area contributed by atoms with Crippen molar-refractivity contribution >= 4 is 22.0 Å². The van der Waals surface area contributed by atoms with Gasteiger partial charge in [0.2, 0.25) is 0 Å². The second-order valence-corrected chi connectivity index (χ2v) is 9.02. The Hall–Kier alpha value is -0.276. The summed E-state index contributed by atoms with van der Waals surface area (Å²) in [7, 11) is -1.12. The number of rotatable bonds is 3. The largest absolute Gasteiger partial charge is 0.369 e. The summed E-state index contributed by atoms with van der Waals surface area (Å²) in [6.45, 7) is 3.38. The van der Waals surface area contributed by atoms with Crippen LogP contribution in [0, 0.1) is 25.1 Å². The first-order valence-corrected chi connectivity index (χ1v) is 10.8. The van der Waals surface area contributed by atoms with Gasteiger partial charge in [-0.1, -0.05) is 6.92 Å². The van der Waals surface area contributed by atoms with Gasteiger partial charge in [0.25, 0.3) is 0 Å². The van der Waals surface area contributed by atoms with Crippen LogP contribution in [0.4, 0.5) is 0 Å². The normalized spacial score (nSPS) is 32.7. The molecule has 0 spiro atoms. The molecule has 1 saturated carbocycles. The molecule has 0 aromatic carbocycles. The summed E-state index contributed by atoms with van der Waals surface area (Å²) in [5, 5.41) is 0.652. The molecule has 1 radical (unpaired) electrons. The van der Waals surface area contributed by atoms with E-state index in [0.29, 0.717) is 29.4 Å². The van der Waals surface area contributed by atoms with Gasteiger partial charge in [-0.15, -0.1) is 0 Å². The molecule has 2 aliphatic heterocycles. The van der Waals surface area contributed by atoms with Gasteiger partial charge in [-0.05, 0) is 49.6 Å². The molecule has 2 unspecified atom stereocenters. The van der Waals surface area contributed by atoms with Crippen molar-refractivity contribution < 1.29 is 46.4 Å². The van der Waals surface area contributed by atoms with E-state index in [2.05, 4.69) is 25.8 Å². The summed E-state index contributed by atoms with van der Waals surface area (Å²) < 4.78 is 26.8. The minimum absolute atomic E-state index is 0. The third-order valence-corrected chi connectivity index (χ3v) is 7.38. The molecule has 0 N–H and O–H groups in total. The van der Waals surface area contributed by atoms with E-state index in [1.807, 2.05) is 6.92 Å². The Morgan fingerprint density at radius 3 is 3.04 bits per heavy atom. The fourth-order valence-corrected chi connectivity index (χ4v) is 6.18. The van der Waals surface area contributed by atoms with Crippen molar-refractivity contribution in [3.63, 3.8) is 0 Å². The number of aromatic nitrogens is 4. The first kappa shape index (κ1) is 20.0. The molecule has 5 rings (SSSR count). The van der Waals surface area contributed by atoms with Crippen molar-refractivity contribution in [2.75, 3.05) is 19.0 Å². The predicted molar refractivity (Wildman–Crippen MR) is 95.0 cm³/mol. The number of nitrogens with zero attached hydrogens (tertiary/aromatic N) is 4. The third-order valence-electron chi connectivity index (χ3n) is 5.95. The number of imidazole rings is 1. The van der Waals surface area contributed by atoms with Crippen molar-refractivity contribution in [1.29, 1.82) is 0 Å². The summed E-state index contributed by atoms with van der Waals surface area (Å²) in [5.74, 6) is 1.45. The molecule has 5 atom stereocenters. The molecule has 9 heteroatoms. The molecule has 2 bridgehead atoms. The summed E-state index contributed by atoms with van der Waals surface area (Å²) in [6.07, 6.45) is 7.95. The van der Waals surface area contributed by atoms with Gasteiger partial charge in [0.05, 0.1) is 17.4 Å². The Kier molecular flexibility index (Phi) is 6.10. The topological polar surface area (TPSA) is 79.1 Å². The fourth-order valence-electron chi connectivity index (χ4n) is 4.59. The van der Waals surface area contributed by atoms with Crippen LogP contribution in [0.15, 0.2) is 5.16 Å². The zero-order chi connectivity index (χ0) is 17.7. The van der Waals surface area contributed by atoms with Crippen LogP contribution in [-0.2, 0) is 53.0 Å². The van der Waals surface area contributed by atoms with Crippen LogP contribution in [0.5, 0.6) is 0 Å². The van der Waals surface area contributed by atoms with Gasteiger partial charge in [-0.2, -0.15) is 0 Å². The number of aryl methyl sites for hydroxylation is 1. The van der Waals surface area contributed by atoms with E-state index in [4.69, 9.17) is 9.47 Å². The number of fused-ring (bicyclic) bond motifs is 6. The number of ether oxygens (including phenoxy) is 2. The summed E-state index contributed by atoms with van der Waals surface area (Å²) in [5.41, 5.74) is 2.31. The molecule has 143 valence electrons. The quantitative estimate of drug-likeness (QED) is 0.648. The van der Waals surface area contributed by atoms with Crippen LogP contribution in [0.2, 0.25) is 0 Å². The molecule has 27 heavy (non-hydrogen) atoms. The summed E-state index contributed by atoms with van der Waals surface area (Å²) in [4.78, 5) is 13.1. The first-order chi connectivity index (χ1) is 12.7. The minimum atomic E-state index is -1.12. The smallest absolute Gasteiger partial charge is 0.188 e. The molecule has 3 aliphatic rings. The molecule has 2 aromatic heterocycles. The van der Waals surface area contributed by atoms with Gasteiger partial charge < -0.3 is 24.0 Å². The van der Waals surface area contributed by atoms with Crippen LogP contribution in [0.25, 0.3) is 11.2 Å². The molecular formula is C18H23N4O3SY-. The van der Waals surface area contributed by atoms with Gasteiger partial charge in [0.1, 0.15) is 0 Å². The van der Waals surface area contributed by atoms with E-state index in [-0.39, 0.29) is 45.0 Å². The average molecular weight is 464 g/mol. The molecule has 1 aliphatic carbocycles. The second-order valence-electron chi connectivity index (χ2n) is 7.63. The Morgan fingerprint density at radius 2 is 2.22 bits per heavy atom. The van der Waals surface area contributed by atoms with Crippen LogP contribution in [0.3, 0.4) is 0 Å². The summed E-state index contributed by atoms with van der Waals surface area (Å²) in [6, 6.07) is 0.273. The third kappa shape index (κ3) is 3.68. The maximum Gasteiger partial charge on any atom is 0.188 e. The molecular weight excluding hydrogens is 441 g/mol. The SMILES string of the molecule is Cc1n[c-]nc2c1nc1n2[C@H]2C[C@@H](COC3CCCCO3)[C@H](C2)CS1=O.[Y]. The number of hydrogen-bond donors (Lipinski definition) is 0. The Bertz CT molecular complexity index is 854. The van der Waals surface area contributed by atoms with E-state index < -0.39 is 10.8 Å². The average Bonchev–Trinajstić information content (AvgIpc) is 3.19. The molecule has 2 aromatic rings.